The van der Waals surface area contributed by atoms with Crippen LogP contribution in [0.2, 0.25) is 0 Å². The molecule has 0 spiro atoms. The van der Waals surface area contributed by atoms with Crippen molar-refractivity contribution in [2.24, 2.45) is 0 Å². The van der Waals surface area contributed by atoms with Crippen LogP contribution in [0.3, 0.4) is 0 Å². The summed E-state index contributed by atoms with van der Waals surface area (Å²) >= 11 is 2.96. The minimum Gasteiger partial charge on any atom is -0.480 e. The Morgan fingerprint density at radius 2 is 2.00 bits per heavy atom. The van der Waals surface area contributed by atoms with Gasteiger partial charge in [-0.05, 0) is 22.9 Å². The van der Waals surface area contributed by atoms with E-state index in [1.165, 1.54) is 14.0 Å². The van der Waals surface area contributed by atoms with Crippen LogP contribution in [0.1, 0.15) is 5.69 Å². The minimum atomic E-state index is -5.02. The Morgan fingerprint density at radius 3 is 2.43 bits per heavy atom. The zero-order valence-electron chi connectivity index (χ0n) is 7.52. The van der Waals surface area contributed by atoms with Crippen LogP contribution in [0.15, 0.2) is 10.5 Å². The predicted octanol–water partition coefficient (Wildman–Crippen LogP) is 2.22. The smallest absolute Gasteiger partial charge is 0.480 e. The van der Waals surface area contributed by atoms with Gasteiger partial charge in [0.2, 0.25) is 5.88 Å². The fourth-order valence-electron chi connectivity index (χ4n) is 1.05. The van der Waals surface area contributed by atoms with Gasteiger partial charge >= 0.3 is 6.98 Å². The van der Waals surface area contributed by atoms with Crippen molar-refractivity contribution in [3.8, 4) is 5.88 Å². The number of aromatic nitrogens is 1. The van der Waals surface area contributed by atoms with Gasteiger partial charge in [-0.2, -0.15) is 0 Å². The zero-order chi connectivity index (χ0) is 10.9. The molecule has 0 amide bonds. The van der Waals surface area contributed by atoms with Gasteiger partial charge in [0.15, 0.2) is 0 Å². The average Bonchev–Trinajstić information content (AvgIpc) is 2.06. The van der Waals surface area contributed by atoms with Crippen molar-refractivity contribution in [1.82, 2.24) is 4.98 Å². The molecule has 78 valence electrons. The van der Waals surface area contributed by atoms with E-state index in [0.717, 1.165) is 6.07 Å². The van der Waals surface area contributed by atoms with Gasteiger partial charge in [-0.3, -0.25) is 0 Å². The van der Waals surface area contributed by atoms with Crippen molar-refractivity contribution in [3.05, 3.63) is 16.2 Å². The topological polar surface area (TPSA) is 22.1 Å². The summed E-state index contributed by atoms with van der Waals surface area (Å²) in [5, 5.41) is 0. The molecule has 0 bridgehead atoms. The van der Waals surface area contributed by atoms with Crippen LogP contribution in [0, 0.1) is 6.92 Å². The van der Waals surface area contributed by atoms with Gasteiger partial charge < -0.3 is 17.7 Å². The molecule has 1 aromatic heterocycles. The monoisotopic (exact) mass is 268 g/mol. The molecule has 0 atom stereocenters. The van der Waals surface area contributed by atoms with Crippen molar-refractivity contribution in [3.63, 3.8) is 0 Å². The van der Waals surface area contributed by atoms with E-state index in [1.54, 1.807) is 0 Å². The van der Waals surface area contributed by atoms with E-state index in [4.69, 9.17) is 4.74 Å². The first-order valence-corrected chi connectivity index (χ1v) is 4.56. The molecular formula is C7H7BBrF3NO-. The van der Waals surface area contributed by atoms with E-state index in [-0.39, 0.29) is 16.0 Å². The van der Waals surface area contributed by atoms with Crippen LogP contribution in [0.4, 0.5) is 12.9 Å². The third-order valence-electron chi connectivity index (χ3n) is 1.72. The van der Waals surface area contributed by atoms with E-state index in [9.17, 15) is 12.9 Å². The highest BCUT2D eigenvalue weighted by Crippen LogP contribution is 2.23. The second-order valence-corrected chi connectivity index (χ2v) is 3.58. The third-order valence-corrected chi connectivity index (χ3v) is 2.29. The summed E-state index contributed by atoms with van der Waals surface area (Å²) in [6.45, 7) is -3.71. The van der Waals surface area contributed by atoms with Gasteiger partial charge in [0.1, 0.15) is 0 Å². The molecule has 0 radical (unpaired) electrons. The quantitative estimate of drug-likeness (QED) is 0.768. The standard InChI is InChI=1S/C7H7BBrF3NO/c1-4-5(8(10,11)12)3-6(9)7(13-4)14-2/h3H,1-2H3/q-1. The van der Waals surface area contributed by atoms with Crippen LogP contribution >= 0.6 is 15.9 Å². The number of aryl methyl sites for hydroxylation is 1. The fourth-order valence-corrected chi connectivity index (χ4v) is 1.54. The Hall–Kier alpha value is -0.715. The van der Waals surface area contributed by atoms with Crippen LogP contribution in [0.5, 0.6) is 5.88 Å². The second kappa shape index (κ2) is 3.80. The molecule has 14 heavy (non-hydrogen) atoms. The zero-order valence-corrected chi connectivity index (χ0v) is 9.11. The van der Waals surface area contributed by atoms with E-state index >= 15 is 0 Å². The number of nitrogens with zero attached hydrogens (tertiary/aromatic N) is 1. The van der Waals surface area contributed by atoms with Gasteiger partial charge in [-0.1, -0.05) is 11.5 Å². The van der Waals surface area contributed by atoms with Crippen molar-refractivity contribution in [2.45, 2.75) is 6.92 Å². The van der Waals surface area contributed by atoms with E-state index in [0.29, 0.717) is 0 Å². The van der Waals surface area contributed by atoms with Crippen molar-refractivity contribution in [2.75, 3.05) is 7.11 Å². The maximum absolute atomic E-state index is 12.4. The molecule has 2 nitrogen and oxygen atoms in total. The summed E-state index contributed by atoms with van der Waals surface area (Å²) in [6.07, 6.45) is 0. The van der Waals surface area contributed by atoms with Crippen molar-refractivity contribution in [1.29, 1.82) is 0 Å². The highest BCUT2D eigenvalue weighted by atomic mass is 79.9. The Bertz CT molecular complexity index is 356. The Kier molecular flexibility index (Phi) is 3.09. The molecule has 0 saturated heterocycles. The summed E-state index contributed by atoms with van der Waals surface area (Å²) in [4.78, 5) is 3.68. The third kappa shape index (κ3) is 2.20. The number of ether oxygens (including phenoxy) is 1. The second-order valence-electron chi connectivity index (χ2n) is 2.73. The Balaban J connectivity index is 3.29. The van der Waals surface area contributed by atoms with E-state index < -0.39 is 12.4 Å². The molecule has 0 aliphatic rings. The molecular weight excluding hydrogens is 262 g/mol. The van der Waals surface area contributed by atoms with E-state index in [1.807, 2.05) is 0 Å². The maximum atomic E-state index is 12.4. The first-order valence-electron chi connectivity index (χ1n) is 3.77. The molecule has 1 rings (SSSR count). The van der Waals surface area contributed by atoms with Gasteiger partial charge in [0, 0.05) is 5.69 Å². The summed E-state index contributed by atoms with van der Waals surface area (Å²) < 4.78 is 42.3. The Labute approximate surface area is 87.7 Å². The molecule has 0 N–H and O–H groups in total. The summed E-state index contributed by atoms with van der Waals surface area (Å²) in [7, 11) is 1.35. The molecule has 1 heterocycles. The van der Waals surface area contributed by atoms with Crippen LogP contribution in [0.25, 0.3) is 0 Å². The molecule has 0 unspecified atom stereocenters. The lowest BCUT2D eigenvalue weighted by atomic mass is 9.79. The molecule has 0 fully saturated rings. The molecule has 0 aliphatic heterocycles. The van der Waals surface area contributed by atoms with Crippen LogP contribution < -0.4 is 10.2 Å². The van der Waals surface area contributed by atoms with Crippen molar-refractivity contribution >= 4 is 28.4 Å². The van der Waals surface area contributed by atoms with Crippen LogP contribution in [-0.2, 0) is 0 Å². The highest BCUT2D eigenvalue weighted by Gasteiger charge is 2.29. The lowest BCUT2D eigenvalue weighted by molar-refractivity contribution is 0.394. The molecule has 1 aromatic rings. The average molecular weight is 269 g/mol. The first kappa shape index (κ1) is 11.4. The van der Waals surface area contributed by atoms with Gasteiger partial charge in [-0.25, -0.2) is 4.98 Å². The fraction of sp³-hybridized carbons (Fsp3) is 0.286. The predicted molar refractivity (Wildman–Crippen MR) is 51.9 cm³/mol. The Morgan fingerprint density at radius 1 is 1.43 bits per heavy atom. The lowest BCUT2D eigenvalue weighted by Gasteiger charge is -2.18. The van der Waals surface area contributed by atoms with Crippen molar-refractivity contribution < 1.29 is 17.7 Å². The number of rotatable bonds is 2. The minimum absolute atomic E-state index is 0.0717. The molecule has 0 aliphatic carbocycles. The summed E-state index contributed by atoms with van der Waals surface area (Å²) in [6, 6.07) is 0.987. The summed E-state index contributed by atoms with van der Waals surface area (Å²) in [5.74, 6) is 0.159. The number of pyridine rings is 1. The summed E-state index contributed by atoms with van der Waals surface area (Å²) in [5.41, 5.74) is -0.768. The maximum Gasteiger partial charge on any atom is 0.511 e. The van der Waals surface area contributed by atoms with Gasteiger partial charge in [-0.15, -0.1) is 0 Å². The molecule has 0 aromatic carbocycles. The number of methoxy groups -OCH3 is 1. The SMILES string of the molecule is COc1nc(C)c([B-](F)(F)F)cc1Br. The number of halogens is 4. The largest absolute Gasteiger partial charge is 0.511 e. The first-order chi connectivity index (χ1) is 6.36. The number of hydrogen-bond donors (Lipinski definition) is 0. The lowest BCUT2D eigenvalue weighted by Crippen LogP contribution is -2.36. The molecule has 7 heteroatoms. The number of hydrogen-bond acceptors (Lipinski definition) is 2. The molecule has 0 saturated carbocycles. The van der Waals surface area contributed by atoms with E-state index in [2.05, 4.69) is 20.9 Å². The van der Waals surface area contributed by atoms with Gasteiger partial charge in [0.25, 0.3) is 0 Å². The normalized spacial score (nSPS) is 11.6. The van der Waals surface area contributed by atoms with Gasteiger partial charge in [0.05, 0.1) is 11.6 Å². The van der Waals surface area contributed by atoms with Crippen LogP contribution in [-0.4, -0.2) is 19.1 Å². The highest BCUT2D eigenvalue weighted by molar-refractivity contribution is 9.10.